The minimum absolute atomic E-state index is 0.281. The Kier molecular flexibility index (Phi) is 15.9. The van der Waals surface area contributed by atoms with Gasteiger partial charge in [0, 0.05) is 5.97 Å². The normalized spacial score (nSPS) is 13.0. The summed E-state index contributed by atoms with van der Waals surface area (Å²) in [5, 5.41) is 42.2. The molecule has 4 N–H and O–H groups in total. The number of quaternary nitrogens is 1. The maximum absolute atomic E-state index is 9.82. The van der Waals surface area contributed by atoms with Gasteiger partial charge in [-0.15, -0.1) is 0 Å². The second-order valence-electron chi connectivity index (χ2n) is 4.68. The summed E-state index contributed by atoms with van der Waals surface area (Å²) in [6.45, 7) is 1.33. The molecule has 10 heteroatoms. The van der Waals surface area contributed by atoms with Crippen LogP contribution in [0.3, 0.4) is 0 Å². The number of nitrogens with zero attached hydrogens (tertiary/aromatic N) is 1. The average Bonchev–Trinajstić information content (AvgIpc) is 2.25. The summed E-state index contributed by atoms with van der Waals surface area (Å²) in [6, 6.07) is 0. The summed E-state index contributed by atoms with van der Waals surface area (Å²) < 4.78 is 20.5. The molecule has 2 atom stereocenters. The van der Waals surface area contributed by atoms with Crippen molar-refractivity contribution < 1.29 is 43.9 Å². The largest absolute Gasteiger partial charge is 0.550 e. The van der Waals surface area contributed by atoms with Crippen LogP contribution in [-0.2, 0) is 13.9 Å². The van der Waals surface area contributed by atoms with Gasteiger partial charge >= 0.3 is 7.68 Å². The molecular weight excluding hydrogens is 293 g/mol. The van der Waals surface area contributed by atoms with E-state index in [1.165, 1.54) is 0 Å². The zero-order valence-corrected chi connectivity index (χ0v) is 13.0. The molecule has 0 aliphatic carbocycles. The fourth-order valence-electron chi connectivity index (χ4n) is 0.535. The molecule has 0 aromatic carbocycles. The van der Waals surface area contributed by atoms with E-state index in [-0.39, 0.29) is 6.61 Å². The Morgan fingerprint density at radius 1 is 1.20 bits per heavy atom. The van der Waals surface area contributed by atoms with Gasteiger partial charge in [0.2, 0.25) is 0 Å². The first-order valence-electron chi connectivity index (χ1n) is 5.58. The zero-order valence-electron chi connectivity index (χ0n) is 12.1. The molecule has 9 nitrogen and oxygen atoms in total. The van der Waals surface area contributed by atoms with E-state index in [9.17, 15) is 9.13 Å². The van der Waals surface area contributed by atoms with Gasteiger partial charge in [0.05, 0.1) is 34.4 Å². The fourth-order valence-corrected chi connectivity index (χ4v) is 0.910. The van der Waals surface area contributed by atoms with Crippen LogP contribution >= 0.6 is 7.68 Å². The summed E-state index contributed by atoms with van der Waals surface area (Å²) in [4.78, 5) is 8.89. The molecule has 20 heavy (non-hydrogen) atoms. The summed E-state index contributed by atoms with van der Waals surface area (Å²) in [5.74, 6) is -2.94. The van der Waals surface area contributed by atoms with Crippen LogP contribution in [0.2, 0.25) is 0 Å². The van der Waals surface area contributed by atoms with E-state index < -0.39 is 32.2 Å². The van der Waals surface area contributed by atoms with Gasteiger partial charge in [-0.25, -0.2) is 9.13 Å². The third-order valence-electron chi connectivity index (χ3n) is 1.52. The predicted molar refractivity (Wildman–Crippen MR) is 68.1 cm³/mol. The number of likely N-dealkylation sites (N-methyl/N-ethyl adjacent to an activating group) is 1. The highest BCUT2D eigenvalue weighted by molar-refractivity contribution is 7.31. The molecule has 0 rings (SSSR count). The van der Waals surface area contributed by atoms with Crippen LogP contribution in [0.15, 0.2) is 0 Å². The molecule has 2 unspecified atom stereocenters. The highest BCUT2D eigenvalue weighted by Gasteiger charge is 2.19. The zero-order chi connectivity index (χ0) is 16.9. The van der Waals surface area contributed by atoms with E-state index in [4.69, 9.17) is 30.3 Å². The summed E-state index contributed by atoms with van der Waals surface area (Å²) in [6.07, 6.45) is -1.59. The van der Waals surface area contributed by atoms with Crippen molar-refractivity contribution in [1.82, 2.24) is 0 Å². The predicted octanol–water partition coefficient (Wildman–Crippen LogP) is -2.73. The molecule has 0 saturated carbocycles. The maximum Gasteiger partial charge on any atom is 0.347 e. The topological polar surface area (TPSA) is 155 Å². The second-order valence-corrected chi connectivity index (χ2v) is 5.78. The number of aliphatic carboxylic acids is 1. The smallest absolute Gasteiger partial charge is 0.347 e. The Hall–Kier alpha value is -0.830. The first kappa shape index (κ1) is 24.2. The van der Waals surface area contributed by atoms with E-state index in [0.29, 0.717) is 0 Å². The van der Waals surface area contributed by atoms with Gasteiger partial charge in [0.15, 0.2) is 5.85 Å². The van der Waals surface area contributed by atoms with E-state index in [0.717, 1.165) is 18.0 Å². The number of aliphatic hydroxyl groups is 4. The van der Waals surface area contributed by atoms with Crippen molar-refractivity contribution in [2.24, 2.45) is 0 Å². The number of carbonyl (C=O) groups excluding carboxylic acids is 1. The molecule has 0 amide bonds. The van der Waals surface area contributed by atoms with Crippen LogP contribution in [0.25, 0.3) is 0 Å². The number of rotatable bonds is 5. The van der Waals surface area contributed by atoms with Crippen molar-refractivity contribution in [3.8, 4) is 0 Å². The van der Waals surface area contributed by atoms with Crippen molar-refractivity contribution in [1.29, 1.82) is 0 Å². The Balaban J connectivity index is -0.000000234. The molecule has 0 heterocycles. The molecule has 0 bridgehead atoms. The van der Waals surface area contributed by atoms with Crippen molar-refractivity contribution in [3.63, 3.8) is 0 Å². The number of carboxylic acid groups (broad SMARTS) is 1. The van der Waals surface area contributed by atoms with Crippen LogP contribution < -0.4 is 5.11 Å². The van der Waals surface area contributed by atoms with Gasteiger partial charge in [-0.1, -0.05) is 0 Å². The Labute approximate surface area is 118 Å². The molecule has 0 aromatic heterocycles. The molecule has 0 aliphatic rings. The molecule has 0 spiro atoms. The molecule has 0 saturated heterocycles. The summed E-state index contributed by atoms with van der Waals surface area (Å²) in [5.41, 5.74) is 0. The fraction of sp³-hybridized carbons (Fsp3) is 0.900. The lowest BCUT2D eigenvalue weighted by Crippen LogP contribution is -2.36. The van der Waals surface area contributed by atoms with Gasteiger partial charge in [-0.3, -0.25) is 0 Å². The second kappa shape index (κ2) is 13.2. The molecular formula is C10H24NO8P. The van der Waals surface area contributed by atoms with E-state index >= 15 is 0 Å². The van der Waals surface area contributed by atoms with Crippen molar-refractivity contribution >= 4 is 13.6 Å². The molecule has 0 aromatic rings. The minimum Gasteiger partial charge on any atom is -0.550 e. The third-order valence-corrected chi connectivity index (χ3v) is 2.29. The van der Waals surface area contributed by atoms with E-state index in [2.05, 4.69) is 21.1 Å². The SMILES string of the molecule is CC(=O)[O-].C[N+](C)(C)CCO.O=P(=O)C(O)C(O)CO. The van der Waals surface area contributed by atoms with Gasteiger partial charge in [0.1, 0.15) is 12.6 Å². The first-order chi connectivity index (χ1) is 8.88. The quantitative estimate of drug-likeness (QED) is 0.315. The van der Waals surface area contributed by atoms with Crippen LogP contribution in [0.1, 0.15) is 6.92 Å². The number of hydrogen-bond acceptors (Lipinski definition) is 8. The molecule has 0 aliphatic heterocycles. The number of aliphatic hydroxyl groups excluding tert-OH is 4. The van der Waals surface area contributed by atoms with Gasteiger partial charge in [-0.2, -0.15) is 0 Å². The van der Waals surface area contributed by atoms with Crippen LogP contribution in [0.5, 0.6) is 0 Å². The molecule has 0 radical (unpaired) electrons. The summed E-state index contributed by atoms with van der Waals surface area (Å²) in [7, 11) is 3.09. The lowest BCUT2D eigenvalue weighted by molar-refractivity contribution is -0.870. The Morgan fingerprint density at radius 3 is 1.60 bits per heavy atom. The maximum atomic E-state index is 9.82. The highest BCUT2D eigenvalue weighted by Crippen LogP contribution is 2.14. The van der Waals surface area contributed by atoms with Gasteiger partial charge in [-0.05, 0) is 6.92 Å². The van der Waals surface area contributed by atoms with E-state index in [1.54, 1.807) is 0 Å². The van der Waals surface area contributed by atoms with Gasteiger partial charge in [0.25, 0.3) is 0 Å². The van der Waals surface area contributed by atoms with Crippen LogP contribution in [0, 0.1) is 0 Å². The van der Waals surface area contributed by atoms with E-state index in [1.807, 2.05) is 0 Å². The van der Waals surface area contributed by atoms with Crippen molar-refractivity contribution in [3.05, 3.63) is 0 Å². The molecule has 122 valence electrons. The van der Waals surface area contributed by atoms with Crippen LogP contribution in [0.4, 0.5) is 0 Å². The molecule has 0 fully saturated rings. The van der Waals surface area contributed by atoms with Gasteiger partial charge < -0.3 is 34.8 Å². The number of hydrogen-bond donors (Lipinski definition) is 4. The van der Waals surface area contributed by atoms with Crippen LogP contribution in [-0.4, -0.2) is 83.7 Å². The lowest BCUT2D eigenvalue weighted by atomic mass is 10.4. The average molecular weight is 317 g/mol. The standard InChI is InChI=1S/C5H14NO.C3H7O5P.C2H4O2/c1-6(2,3)4-5-7;4-1-2(5)3(6)9(7)8;1-2(3)4/h7H,4-5H2,1-3H3;2-6H,1H2;1H3,(H,3,4)/q+1;;/p-1. The third kappa shape index (κ3) is 25.9. The van der Waals surface area contributed by atoms with Crippen molar-refractivity contribution in [2.45, 2.75) is 18.9 Å². The minimum atomic E-state index is -3.06. The monoisotopic (exact) mass is 317 g/mol. The summed E-state index contributed by atoms with van der Waals surface area (Å²) >= 11 is 0. The lowest BCUT2D eigenvalue weighted by Gasteiger charge is -2.21. The number of carboxylic acids is 1. The Bertz CT molecular complexity index is 301. The Morgan fingerprint density at radius 2 is 1.55 bits per heavy atom. The highest BCUT2D eigenvalue weighted by atomic mass is 31.1. The first-order valence-corrected chi connectivity index (χ1v) is 6.83. The number of carbonyl (C=O) groups is 1. The van der Waals surface area contributed by atoms with Crippen molar-refractivity contribution in [2.75, 3.05) is 40.9 Å².